The Morgan fingerprint density at radius 3 is 2.18 bits per heavy atom. The summed E-state index contributed by atoms with van der Waals surface area (Å²) in [5.74, 6) is -4.08. The molecule has 3 aromatic rings. The monoisotopic (exact) mass is 689 g/mol. The molecule has 0 radical (unpaired) electrons. The van der Waals surface area contributed by atoms with Crippen LogP contribution in [0.15, 0.2) is 35.3 Å². The third kappa shape index (κ3) is 8.19. The second-order valence-electron chi connectivity index (χ2n) is 13.1. The van der Waals surface area contributed by atoms with Gasteiger partial charge < -0.3 is 19.9 Å². The van der Waals surface area contributed by atoms with Gasteiger partial charge in [0.15, 0.2) is 0 Å². The van der Waals surface area contributed by atoms with Crippen molar-refractivity contribution in [3.8, 4) is 23.5 Å². The highest BCUT2D eigenvalue weighted by molar-refractivity contribution is 5.82. The lowest BCUT2D eigenvalue weighted by molar-refractivity contribution is -0.139. The minimum Gasteiger partial charge on any atom is -0.481 e. The third-order valence-electron chi connectivity index (χ3n) is 8.65. The molecule has 1 aliphatic heterocycles. The van der Waals surface area contributed by atoms with Crippen LogP contribution < -0.4 is 10.9 Å². The Balaban J connectivity index is 1.85. The van der Waals surface area contributed by atoms with E-state index in [4.69, 9.17) is 6.42 Å². The van der Waals surface area contributed by atoms with Crippen molar-refractivity contribution in [1.29, 1.82) is 0 Å². The molecule has 1 fully saturated rings. The zero-order chi connectivity index (χ0) is 36.5. The van der Waals surface area contributed by atoms with Gasteiger partial charge in [0.1, 0.15) is 23.5 Å². The van der Waals surface area contributed by atoms with Crippen molar-refractivity contribution in [2.75, 3.05) is 20.1 Å². The molecule has 1 amide bonds. The van der Waals surface area contributed by atoms with Gasteiger partial charge in [-0.1, -0.05) is 19.8 Å². The van der Waals surface area contributed by atoms with E-state index in [1.54, 1.807) is 13.8 Å². The molecule has 0 spiro atoms. The number of carboxylic acids is 1. The maximum atomic E-state index is 16.4. The predicted octanol–water partition coefficient (Wildman–Crippen LogP) is 6.57. The highest BCUT2D eigenvalue weighted by Gasteiger charge is 2.38. The minimum absolute atomic E-state index is 0.0164. The average molecular weight is 690 g/mol. The van der Waals surface area contributed by atoms with Crippen molar-refractivity contribution >= 4 is 11.9 Å². The maximum Gasteiger partial charge on any atom is 0.416 e. The first-order valence-electron chi connectivity index (χ1n) is 15.6. The van der Waals surface area contributed by atoms with E-state index in [0.717, 1.165) is 29.0 Å². The molecule has 2 heterocycles. The molecule has 4 rings (SSSR count). The van der Waals surface area contributed by atoms with Gasteiger partial charge in [0.25, 0.3) is 5.56 Å². The maximum absolute atomic E-state index is 16.4. The number of aromatic nitrogens is 1. The predicted molar refractivity (Wildman–Crippen MR) is 171 cm³/mol. The number of carboxylic acid groups (broad SMARTS) is 1. The van der Waals surface area contributed by atoms with E-state index >= 15 is 8.78 Å². The van der Waals surface area contributed by atoms with Crippen molar-refractivity contribution in [1.82, 2.24) is 14.8 Å². The van der Waals surface area contributed by atoms with Crippen molar-refractivity contribution in [3.63, 3.8) is 0 Å². The summed E-state index contributed by atoms with van der Waals surface area (Å²) < 4.78 is 89.3. The molecule has 49 heavy (non-hydrogen) atoms. The Morgan fingerprint density at radius 2 is 1.67 bits per heavy atom. The highest BCUT2D eigenvalue weighted by atomic mass is 19.4. The molecule has 0 unspecified atom stereocenters. The number of likely N-dealkylation sites (tertiary alicyclic amines) is 1. The smallest absolute Gasteiger partial charge is 0.416 e. The molecule has 7 nitrogen and oxygen atoms in total. The number of hydrogen-bond donors (Lipinski definition) is 2. The molecule has 1 aromatic heterocycles. The number of alkyl halides is 3. The van der Waals surface area contributed by atoms with Gasteiger partial charge in [0, 0.05) is 36.5 Å². The fourth-order valence-electron chi connectivity index (χ4n) is 6.58. The van der Waals surface area contributed by atoms with Gasteiger partial charge in [-0.25, -0.2) is 13.2 Å². The van der Waals surface area contributed by atoms with E-state index in [2.05, 4.69) is 11.2 Å². The fourth-order valence-corrected chi connectivity index (χ4v) is 6.58. The molecule has 1 saturated heterocycles. The number of carbonyl (C=O) groups is 2. The lowest BCUT2D eigenvalue weighted by Crippen LogP contribution is -2.45. The molecule has 2 atom stereocenters. The van der Waals surface area contributed by atoms with E-state index in [-0.39, 0.29) is 52.5 Å². The number of halogens is 6. The lowest BCUT2D eigenvalue weighted by Gasteiger charge is -2.37. The third-order valence-corrected chi connectivity index (χ3v) is 8.65. The van der Waals surface area contributed by atoms with Gasteiger partial charge in [-0.3, -0.25) is 14.4 Å². The first-order valence-corrected chi connectivity index (χ1v) is 15.6. The van der Waals surface area contributed by atoms with Crippen molar-refractivity contribution < 1.29 is 41.0 Å². The summed E-state index contributed by atoms with van der Waals surface area (Å²) in [7, 11) is 1.81. The van der Waals surface area contributed by atoms with Crippen molar-refractivity contribution in [2.24, 2.45) is 11.8 Å². The van der Waals surface area contributed by atoms with Crippen LogP contribution in [-0.4, -0.2) is 46.6 Å². The number of aliphatic carboxylic acids is 1. The van der Waals surface area contributed by atoms with Gasteiger partial charge in [0.05, 0.1) is 23.6 Å². The largest absolute Gasteiger partial charge is 0.481 e. The molecular formula is C36H37F6N3O4. The van der Waals surface area contributed by atoms with Crippen LogP contribution in [0.3, 0.4) is 0 Å². The summed E-state index contributed by atoms with van der Waals surface area (Å²) in [5, 5.41) is 12.1. The molecule has 0 bridgehead atoms. The number of rotatable bonds is 11. The Hall–Kier alpha value is -4.57. The summed E-state index contributed by atoms with van der Waals surface area (Å²) >= 11 is 0. The van der Waals surface area contributed by atoms with Gasteiger partial charge in [-0.2, -0.15) is 13.2 Å². The first kappa shape index (κ1) is 37.3. The van der Waals surface area contributed by atoms with E-state index in [1.807, 2.05) is 11.9 Å². The molecule has 262 valence electrons. The molecular weight excluding hydrogens is 652 g/mol. The number of aryl methyl sites for hydroxylation is 2. The Bertz CT molecular complexity index is 1850. The minimum atomic E-state index is -4.85. The quantitative estimate of drug-likeness (QED) is 0.176. The van der Waals surface area contributed by atoms with Crippen LogP contribution in [0, 0.1) is 55.5 Å². The van der Waals surface area contributed by atoms with E-state index in [1.165, 1.54) is 13.8 Å². The number of pyridine rings is 1. The van der Waals surface area contributed by atoms with Crippen LogP contribution in [0.2, 0.25) is 0 Å². The zero-order valence-corrected chi connectivity index (χ0v) is 27.6. The van der Waals surface area contributed by atoms with Gasteiger partial charge >= 0.3 is 12.1 Å². The Kier molecular flexibility index (Phi) is 11.0. The molecule has 2 aromatic carbocycles. The SMILES string of the molecule is C#Cc1cc(-c2c(C)cc(F)cc2C)c(F)c([C@H](CC(=O)O)NC(=O)[C@@H](CC(C)C)n2cc(CC3CN(C)C3)c(C(F)(F)F)cc2=O)c1F. The summed E-state index contributed by atoms with van der Waals surface area (Å²) in [6, 6.07) is 0.382. The average Bonchev–Trinajstić information content (AvgIpc) is 2.95. The Labute approximate surface area is 279 Å². The second-order valence-corrected chi connectivity index (χ2v) is 13.1. The zero-order valence-electron chi connectivity index (χ0n) is 27.6. The highest BCUT2D eigenvalue weighted by Crippen LogP contribution is 2.38. The van der Waals surface area contributed by atoms with Crippen molar-refractivity contribution in [2.45, 2.75) is 65.2 Å². The molecule has 0 saturated carbocycles. The first-order chi connectivity index (χ1) is 22.8. The Morgan fingerprint density at radius 1 is 1.06 bits per heavy atom. The summed E-state index contributed by atoms with van der Waals surface area (Å²) in [5.41, 5.74) is -3.30. The second kappa shape index (κ2) is 14.5. The number of nitrogens with zero attached hydrogens (tertiary/aromatic N) is 2. The van der Waals surface area contributed by atoms with E-state index < -0.39 is 76.3 Å². The number of amides is 1. The molecule has 13 heteroatoms. The van der Waals surface area contributed by atoms with Crippen molar-refractivity contribution in [3.05, 3.63) is 91.6 Å². The van der Waals surface area contributed by atoms with Gasteiger partial charge in [-0.15, -0.1) is 6.42 Å². The van der Waals surface area contributed by atoms with Crippen LogP contribution in [0.5, 0.6) is 0 Å². The number of benzene rings is 2. The number of nitrogens with one attached hydrogen (secondary N) is 1. The van der Waals surface area contributed by atoms with Crippen LogP contribution in [0.4, 0.5) is 26.3 Å². The van der Waals surface area contributed by atoms with Crippen LogP contribution in [0.1, 0.15) is 72.2 Å². The topological polar surface area (TPSA) is 91.6 Å². The summed E-state index contributed by atoms with van der Waals surface area (Å²) in [6.45, 7) is 7.46. The van der Waals surface area contributed by atoms with E-state index in [0.29, 0.717) is 19.2 Å². The standard InChI is InChI=1S/C36H37F6N3O4/c1-7-22-12-25(31-19(4)9-24(37)10-20(31)5)34(39)32(33(22)38)27(14-30(47)48)43-35(49)28(8-18(2)3)45-17-23(11-21-15-44(6)16-21)26(13-29(45)46)36(40,41)42/h1,9-10,12-13,17-18,21,27-28H,8,11,14-16H2,2-6H3,(H,43,49)(H,47,48)/t27-,28+/m0/s1. The molecule has 2 N–H and O–H groups in total. The van der Waals surface area contributed by atoms with Crippen LogP contribution in [-0.2, 0) is 22.2 Å². The number of carbonyl (C=O) groups excluding carboxylic acids is 1. The molecule has 0 aliphatic carbocycles. The number of terminal acetylenes is 1. The fraction of sp³-hybridized carbons (Fsp3) is 0.417. The lowest BCUT2D eigenvalue weighted by atomic mass is 9.89. The van der Waals surface area contributed by atoms with E-state index in [9.17, 15) is 37.1 Å². The van der Waals surface area contributed by atoms with Gasteiger partial charge in [0.2, 0.25) is 5.91 Å². The number of hydrogen-bond acceptors (Lipinski definition) is 4. The van der Waals surface area contributed by atoms with Crippen LogP contribution in [0.25, 0.3) is 11.1 Å². The summed E-state index contributed by atoms with van der Waals surface area (Å²) in [6.07, 6.45) is 0.561. The normalized spacial score (nSPS) is 15.1. The summed E-state index contributed by atoms with van der Waals surface area (Å²) in [4.78, 5) is 41.1. The van der Waals surface area contributed by atoms with Crippen LogP contribution >= 0.6 is 0 Å². The van der Waals surface area contributed by atoms with Gasteiger partial charge in [-0.05, 0) is 86.0 Å². The molecule has 1 aliphatic rings.